The Morgan fingerprint density at radius 1 is 1.31 bits per heavy atom. The molecule has 1 saturated carbocycles. The van der Waals surface area contributed by atoms with Crippen LogP contribution in [0.25, 0.3) is 11.2 Å². The number of amides is 1. The number of nitrogens with two attached hydrogens (primary N) is 1. The highest BCUT2D eigenvalue weighted by Gasteiger charge is 2.39. The van der Waals surface area contributed by atoms with Crippen molar-refractivity contribution in [2.75, 3.05) is 19.8 Å². The molecule has 2 N–H and O–H groups in total. The van der Waals surface area contributed by atoms with Crippen LogP contribution >= 0.6 is 0 Å². The number of fused-ring (bicyclic) bond motifs is 2. The molecule has 2 aliphatic rings. The molecule has 29 heavy (non-hydrogen) atoms. The highest BCUT2D eigenvalue weighted by atomic mass is 16.2. The van der Waals surface area contributed by atoms with Crippen molar-refractivity contribution in [3.63, 3.8) is 0 Å². The average Bonchev–Trinajstić information content (AvgIpc) is 3.31. The maximum Gasteiger partial charge on any atom is 0.227 e. The first-order valence-electron chi connectivity index (χ1n) is 9.71. The molecule has 0 saturated heterocycles. The minimum absolute atomic E-state index is 0. The molecule has 3 aromatic heterocycles. The molecular weight excluding hydrogens is 366 g/mol. The van der Waals surface area contributed by atoms with Crippen LogP contribution in [0.15, 0.2) is 36.9 Å². The van der Waals surface area contributed by atoms with Gasteiger partial charge in [0.1, 0.15) is 6.33 Å². The number of anilines is 1. The van der Waals surface area contributed by atoms with Crippen LogP contribution in [0, 0.1) is 5.41 Å². The van der Waals surface area contributed by atoms with Crippen LogP contribution in [-0.2, 0) is 11.2 Å². The third-order valence-corrected chi connectivity index (χ3v) is 5.65. The van der Waals surface area contributed by atoms with Crippen molar-refractivity contribution in [1.29, 1.82) is 0 Å². The monoisotopic (exact) mass is 395 g/mol. The lowest BCUT2D eigenvalue weighted by Gasteiger charge is -2.38. The van der Waals surface area contributed by atoms with E-state index in [1.165, 1.54) is 6.42 Å². The first-order valence-corrected chi connectivity index (χ1v) is 9.71. The number of allylic oxidation sites excluding steroid dienone is 1. The van der Waals surface area contributed by atoms with Gasteiger partial charge in [-0.2, -0.15) is 5.10 Å². The highest BCUT2D eigenvalue weighted by Crippen LogP contribution is 2.41. The van der Waals surface area contributed by atoms with E-state index in [1.54, 1.807) is 21.9 Å². The number of pyridine rings is 1. The number of carbonyl (C=O) groups is 1. The lowest BCUT2D eigenvalue weighted by Crippen LogP contribution is -2.42. The zero-order valence-electron chi connectivity index (χ0n) is 17.0. The molecule has 5 rings (SSSR count). The van der Waals surface area contributed by atoms with E-state index in [0.29, 0.717) is 11.9 Å². The van der Waals surface area contributed by atoms with E-state index in [4.69, 9.17) is 5.73 Å². The summed E-state index contributed by atoms with van der Waals surface area (Å²) in [6.07, 6.45) is 11.5. The Kier molecular flexibility index (Phi) is 4.77. The molecule has 8 heteroatoms. The molecule has 0 atom stereocenters. The fourth-order valence-electron chi connectivity index (χ4n) is 3.84. The van der Waals surface area contributed by atoms with Crippen LogP contribution in [0.3, 0.4) is 0 Å². The van der Waals surface area contributed by atoms with Gasteiger partial charge in [-0.3, -0.25) is 4.79 Å². The van der Waals surface area contributed by atoms with Crippen LogP contribution in [0.2, 0.25) is 0 Å². The van der Waals surface area contributed by atoms with Gasteiger partial charge in [-0.05, 0) is 36.1 Å². The van der Waals surface area contributed by atoms with Crippen molar-refractivity contribution >= 4 is 23.1 Å². The largest absolute Gasteiger partial charge is 0.368 e. The first kappa shape index (κ1) is 19.0. The molecule has 2 aliphatic carbocycles. The molecule has 3 heterocycles. The summed E-state index contributed by atoms with van der Waals surface area (Å²) < 4.78 is 1.74. The summed E-state index contributed by atoms with van der Waals surface area (Å²) in [7, 11) is 3.65. The van der Waals surface area contributed by atoms with Crippen molar-refractivity contribution < 1.29 is 7.65 Å². The average molecular weight is 396 g/mol. The van der Waals surface area contributed by atoms with E-state index in [-0.39, 0.29) is 8.27 Å². The number of rotatable bonds is 2. The molecule has 0 radical (unpaired) electrons. The van der Waals surface area contributed by atoms with E-state index >= 15 is 0 Å². The van der Waals surface area contributed by atoms with Gasteiger partial charge in [0.05, 0.1) is 5.69 Å². The standard InChI is InChI=1S/C13H10N6.C8H15NO.2H2/c14-13-15-6-10-9(1-2-11(10)18-13)8-3-4-19-12(5-8)16-7-17-19;1-8(5-4-6-8)7(10)9(2)3;;/h1,3-7H,2H2,(H2,14,15,18);4-6H2,1-3H3;2*1H. The number of nitrogens with zero attached hydrogens (tertiary/aromatic N) is 6. The topological polar surface area (TPSA) is 102 Å². The van der Waals surface area contributed by atoms with Crippen LogP contribution in [0.4, 0.5) is 5.95 Å². The second-order valence-corrected chi connectivity index (χ2v) is 8.00. The quantitative estimate of drug-likeness (QED) is 0.716. The number of hydrogen-bond acceptors (Lipinski definition) is 6. The van der Waals surface area contributed by atoms with E-state index < -0.39 is 0 Å². The minimum atomic E-state index is -0.0104. The summed E-state index contributed by atoms with van der Waals surface area (Å²) in [6, 6.07) is 4.02. The summed E-state index contributed by atoms with van der Waals surface area (Å²) in [6.45, 7) is 2.05. The van der Waals surface area contributed by atoms with Crippen LogP contribution in [0.5, 0.6) is 0 Å². The van der Waals surface area contributed by atoms with Crippen molar-refractivity contribution in [1.82, 2.24) is 29.5 Å². The number of hydrogen-bond donors (Lipinski definition) is 1. The Labute approximate surface area is 172 Å². The van der Waals surface area contributed by atoms with Crippen LogP contribution in [0.1, 0.15) is 45.9 Å². The van der Waals surface area contributed by atoms with Crippen LogP contribution < -0.4 is 5.73 Å². The zero-order chi connectivity index (χ0) is 20.6. The molecule has 1 fully saturated rings. The smallest absolute Gasteiger partial charge is 0.227 e. The molecule has 3 aromatic rings. The SMILES string of the molecule is CN(C)C(=O)C1(C)CCC1.Nc1ncc2c(n1)CC=C2c1ccn2ncnc2c1.[HH].[HH]. The van der Waals surface area contributed by atoms with E-state index in [0.717, 1.165) is 47.3 Å². The molecule has 0 bridgehead atoms. The molecular formula is C21H29N7O. The van der Waals surface area contributed by atoms with Gasteiger partial charge < -0.3 is 10.6 Å². The maximum absolute atomic E-state index is 11.4. The summed E-state index contributed by atoms with van der Waals surface area (Å²) in [5, 5.41) is 4.09. The summed E-state index contributed by atoms with van der Waals surface area (Å²) in [5.41, 5.74) is 10.7. The molecule has 0 unspecified atom stereocenters. The molecule has 8 nitrogen and oxygen atoms in total. The van der Waals surface area contributed by atoms with Crippen molar-refractivity contribution in [2.45, 2.75) is 32.6 Å². The number of aromatic nitrogens is 5. The predicted molar refractivity (Wildman–Crippen MR) is 115 cm³/mol. The van der Waals surface area contributed by atoms with Gasteiger partial charge in [0, 0.05) is 46.7 Å². The molecule has 0 spiro atoms. The second kappa shape index (κ2) is 7.27. The Morgan fingerprint density at radius 3 is 2.76 bits per heavy atom. The third kappa shape index (κ3) is 3.57. The number of carbonyl (C=O) groups excluding carboxylic acids is 1. The molecule has 0 aromatic carbocycles. The van der Waals surface area contributed by atoms with Gasteiger partial charge in [-0.15, -0.1) is 0 Å². The lowest BCUT2D eigenvalue weighted by atomic mass is 9.69. The van der Waals surface area contributed by atoms with E-state index in [2.05, 4.69) is 33.1 Å². The molecule has 0 aliphatic heterocycles. The Bertz CT molecular complexity index is 1110. The van der Waals surface area contributed by atoms with Gasteiger partial charge in [0.15, 0.2) is 5.65 Å². The molecule has 154 valence electrons. The Balaban J connectivity index is 0.000000246. The van der Waals surface area contributed by atoms with Crippen molar-refractivity contribution in [3.8, 4) is 0 Å². The van der Waals surface area contributed by atoms with Gasteiger partial charge in [-0.25, -0.2) is 19.5 Å². The summed E-state index contributed by atoms with van der Waals surface area (Å²) >= 11 is 0. The summed E-state index contributed by atoms with van der Waals surface area (Å²) in [4.78, 5) is 25.6. The van der Waals surface area contributed by atoms with Gasteiger partial charge in [0.25, 0.3) is 0 Å². The fraction of sp³-hybridized carbons (Fsp3) is 0.381. The van der Waals surface area contributed by atoms with Crippen molar-refractivity contribution in [3.05, 3.63) is 53.8 Å². The van der Waals surface area contributed by atoms with Gasteiger partial charge in [0.2, 0.25) is 11.9 Å². The van der Waals surface area contributed by atoms with Crippen LogP contribution in [-0.4, -0.2) is 49.5 Å². The number of nitrogen functional groups attached to an aromatic ring is 1. The Hall–Kier alpha value is -3.29. The van der Waals surface area contributed by atoms with E-state index in [1.807, 2.05) is 32.4 Å². The third-order valence-electron chi connectivity index (χ3n) is 5.65. The summed E-state index contributed by atoms with van der Waals surface area (Å²) in [5.74, 6) is 0.611. The predicted octanol–water partition coefficient (Wildman–Crippen LogP) is 2.85. The highest BCUT2D eigenvalue weighted by molar-refractivity contribution is 5.84. The maximum atomic E-state index is 11.4. The first-order chi connectivity index (χ1) is 13.9. The second-order valence-electron chi connectivity index (χ2n) is 8.00. The normalized spacial score (nSPS) is 16.3. The molecule has 1 amide bonds. The van der Waals surface area contributed by atoms with Crippen molar-refractivity contribution in [2.24, 2.45) is 5.41 Å². The lowest BCUT2D eigenvalue weighted by molar-refractivity contribution is -0.143. The van der Waals surface area contributed by atoms with Gasteiger partial charge in [-0.1, -0.05) is 19.4 Å². The zero-order valence-corrected chi connectivity index (χ0v) is 17.0. The van der Waals surface area contributed by atoms with E-state index in [9.17, 15) is 4.79 Å². The van der Waals surface area contributed by atoms with Gasteiger partial charge >= 0.3 is 0 Å². The Morgan fingerprint density at radius 2 is 2.10 bits per heavy atom. The minimum Gasteiger partial charge on any atom is -0.368 e. The fourth-order valence-corrected chi connectivity index (χ4v) is 3.84.